The molecule has 0 amide bonds. The van der Waals surface area contributed by atoms with Crippen LogP contribution < -0.4 is 5.73 Å². The number of halogens is 1. The Kier molecular flexibility index (Phi) is 4.67. The van der Waals surface area contributed by atoms with Crippen molar-refractivity contribution >= 4 is 5.97 Å². The van der Waals surface area contributed by atoms with Crippen LogP contribution in [0.15, 0.2) is 48.5 Å². The van der Waals surface area contributed by atoms with Gasteiger partial charge < -0.3 is 15.9 Å². The molecule has 0 aliphatic rings. The molecular weight excluding hydrogens is 273 g/mol. The standard InChI is InChI=1S/C16H16FNO3/c17-9-14(18)15(19)12-5-1-10(2-6-12)11-3-7-13(8-4-11)16(20)21/h1-8,14-15,19H,9,18H2,(H,20,21)/t14-,15-/m1/s1. The summed E-state index contributed by atoms with van der Waals surface area (Å²) in [6.07, 6.45) is -1.04. The fourth-order valence-electron chi connectivity index (χ4n) is 2.01. The third-order valence-corrected chi connectivity index (χ3v) is 3.30. The number of aliphatic hydroxyl groups is 1. The second-order valence-corrected chi connectivity index (χ2v) is 4.77. The van der Waals surface area contributed by atoms with E-state index in [9.17, 15) is 14.3 Å². The van der Waals surface area contributed by atoms with Gasteiger partial charge >= 0.3 is 5.97 Å². The summed E-state index contributed by atoms with van der Waals surface area (Å²) in [4.78, 5) is 10.8. The molecule has 0 radical (unpaired) electrons. The summed E-state index contributed by atoms with van der Waals surface area (Å²) < 4.78 is 12.4. The Morgan fingerprint density at radius 3 is 1.95 bits per heavy atom. The third-order valence-electron chi connectivity index (χ3n) is 3.30. The number of carboxylic acid groups (broad SMARTS) is 1. The van der Waals surface area contributed by atoms with Crippen LogP contribution in [0.4, 0.5) is 4.39 Å². The molecule has 0 spiro atoms. The van der Waals surface area contributed by atoms with Crippen molar-refractivity contribution in [2.45, 2.75) is 12.1 Å². The molecule has 2 aromatic rings. The van der Waals surface area contributed by atoms with E-state index in [1.54, 1.807) is 36.4 Å². The Hall–Kier alpha value is -2.24. The molecule has 21 heavy (non-hydrogen) atoms. The normalized spacial score (nSPS) is 13.7. The molecule has 2 rings (SSSR count). The Morgan fingerprint density at radius 2 is 1.52 bits per heavy atom. The summed E-state index contributed by atoms with van der Waals surface area (Å²) in [6.45, 7) is -0.792. The van der Waals surface area contributed by atoms with Crippen LogP contribution in [0.5, 0.6) is 0 Å². The average molecular weight is 289 g/mol. The van der Waals surface area contributed by atoms with Gasteiger partial charge in [0, 0.05) is 0 Å². The highest BCUT2D eigenvalue weighted by Crippen LogP contribution is 2.23. The van der Waals surface area contributed by atoms with Crippen molar-refractivity contribution in [2.24, 2.45) is 5.73 Å². The van der Waals surface area contributed by atoms with Crippen LogP contribution >= 0.6 is 0 Å². The molecule has 5 heteroatoms. The molecule has 0 fully saturated rings. The van der Waals surface area contributed by atoms with E-state index >= 15 is 0 Å². The molecule has 2 atom stereocenters. The van der Waals surface area contributed by atoms with Crippen molar-refractivity contribution in [2.75, 3.05) is 6.67 Å². The molecule has 0 saturated heterocycles. The largest absolute Gasteiger partial charge is 0.478 e. The molecule has 0 aliphatic heterocycles. The van der Waals surface area contributed by atoms with Crippen LogP contribution in [0.25, 0.3) is 11.1 Å². The summed E-state index contributed by atoms with van der Waals surface area (Å²) in [5.74, 6) is -0.972. The summed E-state index contributed by atoms with van der Waals surface area (Å²) in [5.41, 5.74) is 7.96. The topological polar surface area (TPSA) is 83.5 Å². The molecule has 0 bridgehead atoms. The second-order valence-electron chi connectivity index (χ2n) is 4.77. The minimum atomic E-state index is -1.04. The van der Waals surface area contributed by atoms with E-state index < -0.39 is 24.8 Å². The van der Waals surface area contributed by atoms with Crippen molar-refractivity contribution in [3.63, 3.8) is 0 Å². The van der Waals surface area contributed by atoms with E-state index in [2.05, 4.69) is 0 Å². The number of alkyl halides is 1. The fourth-order valence-corrected chi connectivity index (χ4v) is 2.01. The number of benzene rings is 2. The third kappa shape index (κ3) is 3.45. The number of nitrogens with two attached hydrogens (primary N) is 1. The molecule has 4 N–H and O–H groups in total. The Labute approximate surface area is 121 Å². The fraction of sp³-hybridized carbons (Fsp3) is 0.188. The second kappa shape index (κ2) is 6.47. The molecule has 2 aromatic carbocycles. The first-order valence-corrected chi connectivity index (χ1v) is 6.46. The van der Waals surface area contributed by atoms with Gasteiger partial charge in [0.1, 0.15) is 6.67 Å². The SMILES string of the molecule is N[C@H](CF)[C@H](O)c1ccc(-c2ccc(C(=O)O)cc2)cc1. The maximum absolute atomic E-state index is 12.4. The van der Waals surface area contributed by atoms with E-state index in [0.29, 0.717) is 5.56 Å². The van der Waals surface area contributed by atoms with Gasteiger partial charge in [-0.05, 0) is 28.8 Å². The number of aromatic carboxylic acids is 1. The molecule has 0 heterocycles. The van der Waals surface area contributed by atoms with Crippen molar-refractivity contribution < 1.29 is 19.4 Å². The highest BCUT2D eigenvalue weighted by atomic mass is 19.1. The van der Waals surface area contributed by atoms with E-state index in [1.807, 2.05) is 0 Å². The highest BCUT2D eigenvalue weighted by Gasteiger charge is 2.16. The highest BCUT2D eigenvalue weighted by molar-refractivity contribution is 5.88. The number of carboxylic acids is 1. The maximum atomic E-state index is 12.4. The lowest BCUT2D eigenvalue weighted by Crippen LogP contribution is -2.30. The lowest BCUT2D eigenvalue weighted by atomic mass is 9.99. The summed E-state index contributed by atoms with van der Waals surface area (Å²) in [7, 11) is 0. The van der Waals surface area contributed by atoms with Crippen LogP contribution in [0, 0.1) is 0 Å². The van der Waals surface area contributed by atoms with E-state index in [0.717, 1.165) is 11.1 Å². The minimum absolute atomic E-state index is 0.222. The molecular formula is C16H16FNO3. The maximum Gasteiger partial charge on any atom is 0.335 e. The first-order chi connectivity index (χ1) is 10.0. The zero-order valence-corrected chi connectivity index (χ0v) is 11.2. The number of carbonyl (C=O) groups is 1. The van der Waals surface area contributed by atoms with Gasteiger partial charge in [0.2, 0.25) is 0 Å². The van der Waals surface area contributed by atoms with Crippen LogP contribution in [-0.2, 0) is 0 Å². The summed E-state index contributed by atoms with van der Waals surface area (Å²) in [6, 6.07) is 12.5. The van der Waals surface area contributed by atoms with E-state index in [4.69, 9.17) is 10.8 Å². The van der Waals surface area contributed by atoms with E-state index in [1.165, 1.54) is 12.1 Å². The van der Waals surface area contributed by atoms with Gasteiger partial charge in [0.05, 0.1) is 17.7 Å². The van der Waals surface area contributed by atoms with Crippen molar-refractivity contribution in [3.8, 4) is 11.1 Å². The quantitative estimate of drug-likeness (QED) is 0.789. The zero-order valence-electron chi connectivity index (χ0n) is 11.2. The van der Waals surface area contributed by atoms with Crippen LogP contribution in [-0.4, -0.2) is 28.9 Å². The lowest BCUT2D eigenvalue weighted by Gasteiger charge is -2.16. The summed E-state index contributed by atoms with van der Waals surface area (Å²) >= 11 is 0. The number of hydrogen-bond donors (Lipinski definition) is 3. The van der Waals surface area contributed by atoms with Gasteiger partial charge in [-0.25, -0.2) is 9.18 Å². The van der Waals surface area contributed by atoms with Crippen LogP contribution in [0.3, 0.4) is 0 Å². The van der Waals surface area contributed by atoms with Gasteiger partial charge in [-0.1, -0.05) is 36.4 Å². The predicted octanol–water partition coefficient (Wildman–Crippen LogP) is 2.38. The zero-order chi connectivity index (χ0) is 15.4. The first-order valence-electron chi connectivity index (χ1n) is 6.46. The molecule has 110 valence electrons. The van der Waals surface area contributed by atoms with Gasteiger partial charge in [-0.15, -0.1) is 0 Å². The van der Waals surface area contributed by atoms with E-state index in [-0.39, 0.29) is 5.56 Å². The van der Waals surface area contributed by atoms with Gasteiger partial charge in [-0.3, -0.25) is 0 Å². The molecule has 0 saturated carbocycles. The predicted molar refractivity (Wildman–Crippen MR) is 77.7 cm³/mol. The Bertz CT molecular complexity index is 610. The summed E-state index contributed by atoms with van der Waals surface area (Å²) in [5, 5.41) is 18.7. The number of rotatable bonds is 5. The smallest absolute Gasteiger partial charge is 0.335 e. The minimum Gasteiger partial charge on any atom is -0.478 e. The van der Waals surface area contributed by atoms with Crippen LogP contribution in [0.1, 0.15) is 22.0 Å². The Balaban J connectivity index is 2.20. The number of aliphatic hydroxyl groups excluding tert-OH is 1. The van der Waals surface area contributed by atoms with Gasteiger partial charge in [0.15, 0.2) is 0 Å². The first kappa shape index (κ1) is 15.2. The van der Waals surface area contributed by atoms with Crippen molar-refractivity contribution in [1.29, 1.82) is 0 Å². The van der Waals surface area contributed by atoms with Crippen molar-refractivity contribution in [3.05, 3.63) is 59.7 Å². The monoisotopic (exact) mass is 289 g/mol. The number of hydrogen-bond acceptors (Lipinski definition) is 3. The van der Waals surface area contributed by atoms with Gasteiger partial charge in [0.25, 0.3) is 0 Å². The van der Waals surface area contributed by atoms with Crippen LogP contribution in [0.2, 0.25) is 0 Å². The molecule has 0 aliphatic carbocycles. The van der Waals surface area contributed by atoms with Gasteiger partial charge in [-0.2, -0.15) is 0 Å². The molecule has 0 unspecified atom stereocenters. The molecule has 0 aromatic heterocycles. The van der Waals surface area contributed by atoms with Crippen molar-refractivity contribution in [1.82, 2.24) is 0 Å². The Morgan fingerprint density at radius 1 is 1.05 bits per heavy atom. The lowest BCUT2D eigenvalue weighted by molar-refractivity contribution is 0.0697. The average Bonchev–Trinajstić information content (AvgIpc) is 2.53. The molecule has 4 nitrogen and oxygen atoms in total.